The lowest BCUT2D eigenvalue weighted by atomic mass is 9.94. The SMILES string of the molecule is CCN(CC)c1ccc(C2/C(=C(/O)c3ccc([N+](=O)[O-])cc3)C(=O)C(=O)N2c2ccc(C(C)C)cc2)cc1. The van der Waals surface area contributed by atoms with Gasteiger partial charge in [-0.15, -0.1) is 0 Å². The van der Waals surface area contributed by atoms with E-state index in [0.29, 0.717) is 17.2 Å². The van der Waals surface area contributed by atoms with Crippen molar-refractivity contribution in [1.29, 1.82) is 0 Å². The van der Waals surface area contributed by atoms with Gasteiger partial charge in [-0.25, -0.2) is 0 Å². The molecule has 1 fully saturated rings. The highest BCUT2D eigenvalue weighted by atomic mass is 16.6. The van der Waals surface area contributed by atoms with Crippen molar-refractivity contribution in [2.24, 2.45) is 0 Å². The van der Waals surface area contributed by atoms with E-state index in [1.165, 1.54) is 29.2 Å². The van der Waals surface area contributed by atoms with Crippen molar-refractivity contribution < 1.29 is 19.6 Å². The van der Waals surface area contributed by atoms with Crippen molar-refractivity contribution in [2.75, 3.05) is 22.9 Å². The number of hydrogen-bond donors (Lipinski definition) is 1. The van der Waals surface area contributed by atoms with E-state index in [1.807, 2.05) is 48.5 Å². The molecule has 1 saturated heterocycles. The van der Waals surface area contributed by atoms with Crippen LogP contribution in [0.3, 0.4) is 0 Å². The number of hydrogen-bond acceptors (Lipinski definition) is 6. The summed E-state index contributed by atoms with van der Waals surface area (Å²) in [4.78, 5) is 40.9. The van der Waals surface area contributed by atoms with Crippen LogP contribution in [0.5, 0.6) is 0 Å². The number of anilines is 2. The zero-order valence-corrected chi connectivity index (χ0v) is 21.9. The maximum Gasteiger partial charge on any atom is 0.300 e. The maximum absolute atomic E-state index is 13.4. The number of carbonyl (C=O) groups excluding carboxylic acids is 2. The van der Waals surface area contributed by atoms with Crippen LogP contribution in [-0.2, 0) is 9.59 Å². The van der Waals surface area contributed by atoms with E-state index in [9.17, 15) is 24.8 Å². The molecule has 3 aromatic rings. The number of nitrogens with zero attached hydrogens (tertiary/aromatic N) is 3. The Morgan fingerprint density at radius 2 is 1.53 bits per heavy atom. The molecule has 0 aliphatic carbocycles. The molecule has 0 radical (unpaired) electrons. The molecule has 1 atom stereocenters. The summed E-state index contributed by atoms with van der Waals surface area (Å²) in [6.07, 6.45) is 0. The Bertz CT molecular complexity index is 1370. The maximum atomic E-state index is 13.4. The van der Waals surface area contributed by atoms with Crippen molar-refractivity contribution in [3.63, 3.8) is 0 Å². The summed E-state index contributed by atoms with van der Waals surface area (Å²) in [6.45, 7) is 9.94. The van der Waals surface area contributed by atoms with Crippen LogP contribution in [0, 0.1) is 10.1 Å². The van der Waals surface area contributed by atoms with Crippen molar-refractivity contribution >= 4 is 34.5 Å². The number of nitro groups is 1. The number of carbonyl (C=O) groups is 2. The summed E-state index contributed by atoms with van der Waals surface area (Å²) in [5.41, 5.74) is 3.31. The van der Waals surface area contributed by atoms with Crippen molar-refractivity contribution in [1.82, 2.24) is 0 Å². The van der Waals surface area contributed by atoms with Gasteiger partial charge in [0.05, 0.1) is 16.5 Å². The van der Waals surface area contributed by atoms with Gasteiger partial charge in [-0.2, -0.15) is 0 Å². The van der Waals surface area contributed by atoms with Gasteiger partial charge in [-0.1, -0.05) is 38.1 Å². The van der Waals surface area contributed by atoms with Gasteiger partial charge < -0.3 is 10.0 Å². The first-order chi connectivity index (χ1) is 18.2. The summed E-state index contributed by atoms with van der Waals surface area (Å²) in [5, 5.41) is 22.3. The third-order valence-corrected chi connectivity index (χ3v) is 6.97. The summed E-state index contributed by atoms with van der Waals surface area (Å²) >= 11 is 0. The minimum atomic E-state index is -0.874. The standard InChI is InChI=1S/C30H31N3O5/c1-5-31(6-2)23-13-9-21(10-14-23)27-26(28(34)22-11-17-25(18-12-22)33(37)38)29(35)30(36)32(27)24-15-7-20(8-16-24)19(3)4/h7-19,27,34H,5-6H2,1-4H3/b28-26-. The molecule has 1 N–H and O–H groups in total. The summed E-state index contributed by atoms with van der Waals surface area (Å²) < 4.78 is 0. The minimum Gasteiger partial charge on any atom is -0.507 e. The number of ketones is 1. The second-order valence-electron chi connectivity index (χ2n) is 9.48. The fourth-order valence-electron chi connectivity index (χ4n) is 4.79. The zero-order chi connectivity index (χ0) is 27.6. The molecule has 38 heavy (non-hydrogen) atoms. The second-order valence-corrected chi connectivity index (χ2v) is 9.48. The number of amides is 1. The van der Waals surface area contributed by atoms with Crippen LogP contribution in [0.15, 0.2) is 78.4 Å². The van der Waals surface area contributed by atoms with Crippen LogP contribution in [0.2, 0.25) is 0 Å². The van der Waals surface area contributed by atoms with E-state index in [-0.39, 0.29) is 22.6 Å². The number of aliphatic hydroxyl groups is 1. The largest absolute Gasteiger partial charge is 0.507 e. The fraction of sp³-hybridized carbons (Fsp3) is 0.267. The van der Waals surface area contributed by atoms with Crippen molar-refractivity contribution in [3.05, 3.63) is 105 Å². The molecule has 8 nitrogen and oxygen atoms in total. The normalized spacial score (nSPS) is 16.8. The molecule has 0 spiro atoms. The lowest BCUT2D eigenvalue weighted by molar-refractivity contribution is -0.384. The molecular weight excluding hydrogens is 482 g/mol. The molecule has 0 bridgehead atoms. The molecule has 8 heteroatoms. The van der Waals surface area contributed by atoms with Gasteiger partial charge in [-0.05, 0) is 67.3 Å². The highest BCUT2D eigenvalue weighted by molar-refractivity contribution is 6.51. The first kappa shape index (κ1) is 26.6. The Hall–Kier alpha value is -4.46. The molecule has 1 aliphatic rings. The Morgan fingerprint density at radius 3 is 2.03 bits per heavy atom. The zero-order valence-electron chi connectivity index (χ0n) is 21.9. The number of non-ortho nitro benzene ring substituents is 1. The minimum absolute atomic E-state index is 0.0626. The van der Waals surface area contributed by atoms with Crippen LogP contribution in [-0.4, -0.2) is 34.8 Å². The fourth-order valence-corrected chi connectivity index (χ4v) is 4.79. The number of nitro benzene ring substituents is 1. The van der Waals surface area contributed by atoms with Crippen LogP contribution in [0.4, 0.5) is 17.1 Å². The van der Waals surface area contributed by atoms with Gasteiger partial charge in [0.15, 0.2) is 0 Å². The Morgan fingerprint density at radius 1 is 0.947 bits per heavy atom. The van der Waals surface area contributed by atoms with E-state index >= 15 is 0 Å². The highest BCUT2D eigenvalue weighted by Crippen LogP contribution is 2.42. The van der Waals surface area contributed by atoms with E-state index in [0.717, 1.165) is 24.3 Å². The lowest BCUT2D eigenvalue weighted by Crippen LogP contribution is -2.29. The van der Waals surface area contributed by atoms with E-state index in [1.54, 1.807) is 0 Å². The quantitative estimate of drug-likeness (QED) is 0.127. The van der Waals surface area contributed by atoms with Crippen LogP contribution in [0.25, 0.3) is 5.76 Å². The average Bonchev–Trinajstić information content (AvgIpc) is 3.19. The molecule has 0 saturated carbocycles. The third-order valence-electron chi connectivity index (χ3n) is 6.97. The molecule has 1 heterocycles. The van der Waals surface area contributed by atoms with Crippen molar-refractivity contribution in [2.45, 2.75) is 39.7 Å². The number of benzene rings is 3. The van der Waals surface area contributed by atoms with Crippen LogP contribution < -0.4 is 9.80 Å². The van der Waals surface area contributed by atoms with E-state index in [4.69, 9.17) is 0 Å². The topological polar surface area (TPSA) is 104 Å². The number of Topliss-reactive ketones (excluding diaryl/α,β-unsaturated/α-hetero) is 1. The highest BCUT2D eigenvalue weighted by Gasteiger charge is 2.47. The van der Waals surface area contributed by atoms with E-state index < -0.39 is 22.7 Å². The first-order valence-corrected chi connectivity index (χ1v) is 12.7. The summed E-state index contributed by atoms with van der Waals surface area (Å²) in [7, 11) is 0. The van der Waals surface area contributed by atoms with Gasteiger partial charge >= 0.3 is 0 Å². The molecule has 1 amide bonds. The second kappa shape index (κ2) is 10.9. The van der Waals surface area contributed by atoms with Gasteiger partial charge in [0.2, 0.25) is 0 Å². The number of rotatable bonds is 8. The number of aliphatic hydroxyl groups excluding tert-OH is 1. The van der Waals surface area contributed by atoms with Crippen LogP contribution >= 0.6 is 0 Å². The van der Waals surface area contributed by atoms with Gasteiger partial charge in [0.1, 0.15) is 5.76 Å². The first-order valence-electron chi connectivity index (χ1n) is 12.7. The van der Waals surface area contributed by atoms with Crippen LogP contribution in [0.1, 0.15) is 56.3 Å². The molecule has 3 aromatic carbocycles. The van der Waals surface area contributed by atoms with Gasteiger partial charge in [0.25, 0.3) is 17.4 Å². The Labute approximate surface area is 222 Å². The lowest BCUT2D eigenvalue weighted by Gasteiger charge is -2.27. The predicted molar refractivity (Wildman–Crippen MR) is 148 cm³/mol. The Kier molecular flexibility index (Phi) is 7.62. The molecule has 1 aliphatic heterocycles. The molecule has 1 unspecified atom stereocenters. The van der Waals surface area contributed by atoms with E-state index in [2.05, 4.69) is 32.6 Å². The van der Waals surface area contributed by atoms with Crippen molar-refractivity contribution in [3.8, 4) is 0 Å². The molecule has 4 rings (SSSR count). The molecule has 0 aromatic heterocycles. The molecular formula is C30H31N3O5. The monoisotopic (exact) mass is 513 g/mol. The van der Waals surface area contributed by atoms with Gasteiger partial charge in [0, 0.05) is 42.2 Å². The average molecular weight is 514 g/mol. The summed E-state index contributed by atoms with van der Waals surface area (Å²) in [5.74, 6) is -1.64. The van der Waals surface area contributed by atoms with Gasteiger partial charge in [-0.3, -0.25) is 24.6 Å². The third kappa shape index (κ3) is 4.89. The smallest absolute Gasteiger partial charge is 0.300 e. The molecule has 196 valence electrons. The Balaban J connectivity index is 1.87. The predicted octanol–water partition coefficient (Wildman–Crippen LogP) is 6.19. The summed E-state index contributed by atoms with van der Waals surface area (Å²) in [6, 6.07) is 19.5.